The zero-order valence-corrected chi connectivity index (χ0v) is 14.9. The van der Waals surface area contributed by atoms with E-state index in [9.17, 15) is 14.4 Å². The van der Waals surface area contributed by atoms with Crippen LogP contribution in [0.25, 0.3) is 0 Å². The van der Waals surface area contributed by atoms with Gasteiger partial charge in [0.25, 0.3) is 5.91 Å². The van der Waals surface area contributed by atoms with Crippen molar-refractivity contribution in [2.45, 2.75) is 57.2 Å². The van der Waals surface area contributed by atoms with Gasteiger partial charge in [-0.15, -0.1) is 0 Å². The Labute approximate surface area is 147 Å². The van der Waals surface area contributed by atoms with Gasteiger partial charge in [-0.25, -0.2) is 4.79 Å². The zero-order valence-electron chi connectivity index (χ0n) is 14.9. The number of urea groups is 1. The Morgan fingerprint density at radius 1 is 1.24 bits per heavy atom. The van der Waals surface area contributed by atoms with Gasteiger partial charge < -0.3 is 10.2 Å². The lowest BCUT2D eigenvalue weighted by atomic mass is 9.91. The third kappa shape index (κ3) is 3.52. The number of imide groups is 1. The van der Waals surface area contributed by atoms with Crippen LogP contribution in [0.2, 0.25) is 0 Å². The minimum Gasteiger partial charge on any atom is -0.353 e. The number of hydrogen-bond acceptors (Lipinski definition) is 4. The Bertz CT molecular complexity index is 678. The molecule has 2 aliphatic rings. The van der Waals surface area contributed by atoms with Gasteiger partial charge in [0.15, 0.2) is 0 Å². The third-order valence-electron chi connectivity index (χ3n) is 5.22. The first-order chi connectivity index (χ1) is 11.9. The summed E-state index contributed by atoms with van der Waals surface area (Å²) in [7, 11) is 3.00. The van der Waals surface area contributed by atoms with Crippen molar-refractivity contribution in [2.75, 3.05) is 14.1 Å². The van der Waals surface area contributed by atoms with E-state index < -0.39 is 6.04 Å². The summed E-state index contributed by atoms with van der Waals surface area (Å²) in [5, 5.41) is 7.39. The van der Waals surface area contributed by atoms with E-state index in [4.69, 9.17) is 0 Å². The van der Waals surface area contributed by atoms with Gasteiger partial charge in [0, 0.05) is 26.3 Å². The number of carbonyl (C=O) groups is 3. The van der Waals surface area contributed by atoms with E-state index >= 15 is 0 Å². The van der Waals surface area contributed by atoms with Gasteiger partial charge >= 0.3 is 6.03 Å². The first-order valence-corrected chi connectivity index (χ1v) is 8.71. The van der Waals surface area contributed by atoms with E-state index in [1.54, 1.807) is 7.05 Å². The number of nitrogens with one attached hydrogen (secondary N) is 1. The maximum atomic E-state index is 12.3. The van der Waals surface area contributed by atoms with Crippen LogP contribution in [0.4, 0.5) is 4.79 Å². The Balaban J connectivity index is 1.48. The van der Waals surface area contributed by atoms with Crippen molar-refractivity contribution in [1.82, 2.24) is 24.9 Å². The van der Waals surface area contributed by atoms with Crippen molar-refractivity contribution < 1.29 is 14.4 Å². The number of aromatic nitrogens is 2. The van der Waals surface area contributed by atoms with Gasteiger partial charge in [0.05, 0.1) is 18.7 Å². The molecule has 2 heterocycles. The van der Waals surface area contributed by atoms with Crippen molar-refractivity contribution >= 4 is 17.8 Å². The average molecular weight is 347 g/mol. The van der Waals surface area contributed by atoms with Gasteiger partial charge in [-0.05, 0) is 38.2 Å². The molecule has 8 nitrogen and oxygen atoms in total. The molecule has 2 fully saturated rings. The Morgan fingerprint density at radius 2 is 1.92 bits per heavy atom. The lowest BCUT2D eigenvalue weighted by Gasteiger charge is -2.29. The summed E-state index contributed by atoms with van der Waals surface area (Å²) in [6.07, 6.45) is 7.65. The molecule has 1 saturated carbocycles. The number of amides is 4. The molecule has 1 atom stereocenters. The molecule has 1 unspecified atom stereocenters. The van der Waals surface area contributed by atoms with E-state index in [-0.39, 0.29) is 30.3 Å². The molecule has 1 aromatic rings. The van der Waals surface area contributed by atoms with Gasteiger partial charge in [-0.2, -0.15) is 5.10 Å². The summed E-state index contributed by atoms with van der Waals surface area (Å²) >= 11 is 0. The van der Waals surface area contributed by atoms with Crippen molar-refractivity contribution in [3.63, 3.8) is 0 Å². The number of likely N-dealkylation sites (N-methyl/N-ethyl adjacent to an activating group) is 2. The second-order valence-corrected chi connectivity index (χ2v) is 7.08. The quantitative estimate of drug-likeness (QED) is 0.826. The molecular formula is C17H25N5O3. The van der Waals surface area contributed by atoms with Crippen molar-refractivity contribution in [1.29, 1.82) is 0 Å². The SMILES string of the molecule is Cc1cnn(C2CCC(NC(=O)CC3C(=O)N(C)C(=O)N3C)CC2)c1. The van der Waals surface area contributed by atoms with Crippen LogP contribution in [0.5, 0.6) is 0 Å². The normalized spacial score (nSPS) is 27.1. The molecule has 25 heavy (non-hydrogen) atoms. The van der Waals surface area contributed by atoms with Gasteiger partial charge in [-0.3, -0.25) is 19.2 Å². The number of carbonyl (C=O) groups excluding carboxylic acids is 3. The molecule has 1 aliphatic carbocycles. The Hall–Kier alpha value is -2.38. The predicted octanol–water partition coefficient (Wildman–Crippen LogP) is 1.07. The molecule has 0 radical (unpaired) electrons. The minimum absolute atomic E-state index is 0.0176. The molecular weight excluding hydrogens is 322 g/mol. The van der Waals surface area contributed by atoms with E-state index in [1.165, 1.54) is 11.9 Å². The molecule has 1 saturated heterocycles. The number of nitrogens with zero attached hydrogens (tertiary/aromatic N) is 4. The van der Waals surface area contributed by atoms with E-state index in [2.05, 4.69) is 16.6 Å². The summed E-state index contributed by atoms with van der Waals surface area (Å²) in [5.74, 6) is -0.493. The predicted molar refractivity (Wildman–Crippen MR) is 90.7 cm³/mol. The zero-order chi connectivity index (χ0) is 18.1. The van der Waals surface area contributed by atoms with Gasteiger partial charge in [0.2, 0.25) is 5.91 Å². The van der Waals surface area contributed by atoms with Crippen molar-refractivity contribution in [3.05, 3.63) is 18.0 Å². The Kier molecular flexibility index (Phi) is 4.78. The molecule has 1 aliphatic heterocycles. The average Bonchev–Trinajstić information content (AvgIpc) is 3.10. The highest BCUT2D eigenvalue weighted by atomic mass is 16.2. The molecule has 4 amide bonds. The summed E-state index contributed by atoms with van der Waals surface area (Å²) in [6, 6.07) is -0.551. The summed E-state index contributed by atoms with van der Waals surface area (Å²) in [4.78, 5) is 38.5. The number of hydrogen-bond donors (Lipinski definition) is 1. The second kappa shape index (κ2) is 6.85. The molecule has 0 bridgehead atoms. The standard InChI is InChI=1S/C17H25N5O3/c1-11-9-18-22(10-11)13-6-4-12(5-7-13)19-15(23)8-14-16(24)21(3)17(25)20(14)2/h9-10,12-14H,4-8H2,1-3H3,(H,19,23). The van der Waals surface area contributed by atoms with Gasteiger partial charge in [0.1, 0.15) is 6.04 Å². The fourth-order valence-corrected chi connectivity index (χ4v) is 3.66. The van der Waals surface area contributed by atoms with Crippen LogP contribution in [-0.2, 0) is 9.59 Å². The molecule has 1 N–H and O–H groups in total. The first kappa shape index (κ1) is 17.4. The topological polar surface area (TPSA) is 87.5 Å². The molecule has 136 valence electrons. The van der Waals surface area contributed by atoms with Crippen molar-refractivity contribution in [3.8, 4) is 0 Å². The van der Waals surface area contributed by atoms with Crippen LogP contribution in [0, 0.1) is 6.92 Å². The molecule has 8 heteroatoms. The lowest BCUT2D eigenvalue weighted by Crippen LogP contribution is -2.42. The smallest absolute Gasteiger partial charge is 0.326 e. The highest BCUT2D eigenvalue weighted by Gasteiger charge is 2.42. The molecule has 0 spiro atoms. The monoisotopic (exact) mass is 347 g/mol. The van der Waals surface area contributed by atoms with Crippen LogP contribution in [-0.4, -0.2) is 63.6 Å². The lowest BCUT2D eigenvalue weighted by molar-refractivity contribution is -0.131. The van der Waals surface area contributed by atoms with Crippen LogP contribution in [0.1, 0.15) is 43.7 Å². The Morgan fingerprint density at radius 3 is 2.44 bits per heavy atom. The summed E-state index contributed by atoms with van der Waals surface area (Å²) < 4.78 is 2.01. The van der Waals surface area contributed by atoms with E-state index in [0.29, 0.717) is 6.04 Å². The summed E-state index contributed by atoms with van der Waals surface area (Å²) in [5.41, 5.74) is 1.15. The fourth-order valence-electron chi connectivity index (χ4n) is 3.66. The molecule has 0 aromatic carbocycles. The maximum absolute atomic E-state index is 12.3. The minimum atomic E-state index is -0.694. The second-order valence-electron chi connectivity index (χ2n) is 7.08. The number of aryl methyl sites for hydroxylation is 1. The van der Waals surface area contributed by atoms with E-state index in [0.717, 1.165) is 36.1 Å². The maximum Gasteiger partial charge on any atom is 0.326 e. The summed E-state index contributed by atoms with van der Waals surface area (Å²) in [6.45, 7) is 2.03. The highest BCUT2D eigenvalue weighted by molar-refractivity contribution is 6.05. The van der Waals surface area contributed by atoms with Crippen molar-refractivity contribution in [2.24, 2.45) is 0 Å². The highest BCUT2D eigenvalue weighted by Crippen LogP contribution is 2.28. The molecule has 3 rings (SSSR count). The fraction of sp³-hybridized carbons (Fsp3) is 0.647. The molecule has 1 aromatic heterocycles. The van der Waals surface area contributed by atoms with Crippen LogP contribution in [0.3, 0.4) is 0 Å². The van der Waals surface area contributed by atoms with Crippen LogP contribution in [0.15, 0.2) is 12.4 Å². The largest absolute Gasteiger partial charge is 0.353 e. The first-order valence-electron chi connectivity index (χ1n) is 8.71. The van der Waals surface area contributed by atoms with Crippen LogP contribution < -0.4 is 5.32 Å². The third-order valence-corrected chi connectivity index (χ3v) is 5.22. The van der Waals surface area contributed by atoms with Crippen LogP contribution >= 0.6 is 0 Å². The van der Waals surface area contributed by atoms with E-state index in [1.807, 2.05) is 17.8 Å². The number of rotatable bonds is 4. The van der Waals surface area contributed by atoms with Gasteiger partial charge in [-0.1, -0.05) is 0 Å².